The van der Waals surface area contributed by atoms with Crippen molar-refractivity contribution in [2.24, 2.45) is 0 Å². The maximum atomic E-state index is 12.1. The molecule has 2 aromatic carbocycles. The molecule has 0 aliphatic heterocycles. The number of nitrogens with one attached hydrogen (secondary N) is 1. The Balaban J connectivity index is 1.57. The van der Waals surface area contributed by atoms with Crippen LogP contribution in [0.15, 0.2) is 65.5 Å². The second kappa shape index (κ2) is 9.89. The van der Waals surface area contributed by atoms with Crippen molar-refractivity contribution in [1.82, 2.24) is 15.1 Å². The van der Waals surface area contributed by atoms with Crippen LogP contribution in [0.25, 0.3) is 11.3 Å². The molecule has 152 valence electrons. The first-order valence-corrected chi connectivity index (χ1v) is 9.22. The van der Waals surface area contributed by atoms with Gasteiger partial charge in [-0.2, -0.15) is 10.4 Å². The molecule has 0 atom stereocenters. The highest BCUT2D eigenvalue weighted by molar-refractivity contribution is 5.77. The SMILES string of the molecule is COc1cccc(-c2ccc(=O)n(CCNC(=O)COc3ccccc3C#N)n2)c1. The van der Waals surface area contributed by atoms with E-state index < -0.39 is 0 Å². The van der Waals surface area contributed by atoms with Gasteiger partial charge < -0.3 is 14.8 Å². The van der Waals surface area contributed by atoms with Gasteiger partial charge in [-0.05, 0) is 30.3 Å². The summed E-state index contributed by atoms with van der Waals surface area (Å²) in [6.07, 6.45) is 0. The molecule has 0 aliphatic carbocycles. The maximum Gasteiger partial charge on any atom is 0.266 e. The molecule has 1 aromatic heterocycles. The number of nitrogens with zero attached hydrogens (tertiary/aromatic N) is 3. The molecule has 0 radical (unpaired) electrons. The molecule has 8 heteroatoms. The quantitative estimate of drug-likeness (QED) is 0.615. The molecule has 8 nitrogen and oxygen atoms in total. The predicted octanol–water partition coefficient (Wildman–Crippen LogP) is 1.99. The molecule has 1 heterocycles. The summed E-state index contributed by atoms with van der Waals surface area (Å²) in [6, 6.07) is 19.1. The molecule has 1 amide bonds. The second-order valence-corrected chi connectivity index (χ2v) is 6.26. The van der Waals surface area contributed by atoms with Gasteiger partial charge in [-0.1, -0.05) is 24.3 Å². The van der Waals surface area contributed by atoms with E-state index in [9.17, 15) is 9.59 Å². The number of benzene rings is 2. The molecular formula is C22H20N4O4. The molecule has 1 N–H and O–H groups in total. The van der Waals surface area contributed by atoms with Crippen molar-refractivity contribution in [3.8, 4) is 28.8 Å². The van der Waals surface area contributed by atoms with Crippen LogP contribution >= 0.6 is 0 Å². The second-order valence-electron chi connectivity index (χ2n) is 6.26. The Labute approximate surface area is 173 Å². The maximum absolute atomic E-state index is 12.1. The summed E-state index contributed by atoms with van der Waals surface area (Å²) in [4.78, 5) is 24.1. The Hall–Kier alpha value is -4.12. The monoisotopic (exact) mass is 404 g/mol. The molecular weight excluding hydrogens is 384 g/mol. The summed E-state index contributed by atoms with van der Waals surface area (Å²) in [5, 5.41) is 16.1. The van der Waals surface area contributed by atoms with E-state index in [-0.39, 0.29) is 31.2 Å². The van der Waals surface area contributed by atoms with Crippen LogP contribution in [0.2, 0.25) is 0 Å². The summed E-state index contributed by atoms with van der Waals surface area (Å²) in [6.45, 7) is 0.179. The third kappa shape index (κ3) is 5.23. The zero-order valence-electron chi connectivity index (χ0n) is 16.4. The van der Waals surface area contributed by atoms with Crippen molar-refractivity contribution in [1.29, 1.82) is 5.26 Å². The van der Waals surface area contributed by atoms with Gasteiger partial charge in [0, 0.05) is 18.2 Å². The Morgan fingerprint density at radius 1 is 1.17 bits per heavy atom. The highest BCUT2D eigenvalue weighted by Crippen LogP contribution is 2.21. The van der Waals surface area contributed by atoms with E-state index in [1.807, 2.05) is 30.3 Å². The van der Waals surface area contributed by atoms with Crippen molar-refractivity contribution in [2.45, 2.75) is 6.54 Å². The van der Waals surface area contributed by atoms with Crippen molar-refractivity contribution < 1.29 is 14.3 Å². The lowest BCUT2D eigenvalue weighted by atomic mass is 10.1. The van der Waals surface area contributed by atoms with Gasteiger partial charge in [0.25, 0.3) is 11.5 Å². The fraction of sp³-hybridized carbons (Fsp3) is 0.182. The number of ether oxygens (including phenoxy) is 2. The number of amides is 1. The van der Waals surface area contributed by atoms with Gasteiger partial charge in [0.2, 0.25) is 0 Å². The van der Waals surface area contributed by atoms with Crippen molar-refractivity contribution in [2.75, 3.05) is 20.3 Å². The van der Waals surface area contributed by atoms with Crippen LogP contribution in [0.1, 0.15) is 5.56 Å². The number of methoxy groups -OCH3 is 1. The van der Waals surface area contributed by atoms with Crippen LogP contribution in [0.4, 0.5) is 0 Å². The minimum Gasteiger partial charge on any atom is -0.497 e. The van der Waals surface area contributed by atoms with E-state index in [4.69, 9.17) is 14.7 Å². The molecule has 0 fully saturated rings. The van der Waals surface area contributed by atoms with Crippen LogP contribution in [-0.2, 0) is 11.3 Å². The normalized spacial score (nSPS) is 10.1. The molecule has 0 spiro atoms. The van der Waals surface area contributed by atoms with E-state index in [1.165, 1.54) is 10.7 Å². The van der Waals surface area contributed by atoms with Crippen LogP contribution in [0, 0.1) is 11.3 Å². The first kappa shape index (κ1) is 20.6. The summed E-state index contributed by atoms with van der Waals surface area (Å²) in [7, 11) is 1.58. The zero-order valence-corrected chi connectivity index (χ0v) is 16.4. The summed E-state index contributed by atoms with van der Waals surface area (Å²) >= 11 is 0. The third-order valence-corrected chi connectivity index (χ3v) is 4.24. The molecule has 0 saturated heterocycles. The highest BCUT2D eigenvalue weighted by Gasteiger charge is 2.08. The standard InChI is InChI=1S/C22H20N4O4/c1-29-18-7-4-6-16(13-18)19-9-10-22(28)26(25-19)12-11-24-21(27)15-30-20-8-3-2-5-17(20)14-23/h2-10,13H,11-12,15H2,1H3,(H,24,27). The lowest BCUT2D eigenvalue weighted by Crippen LogP contribution is -2.34. The molecule has 0 unspecified atom stereocenters. The number of hydrogen-bond acceptors (Lipinski definition) is 6. The number of carbonyl (C=O) groups excluding carboxylic acids is 1. The van der Waals surface area contributed by atoms with E-state index >= 15 is 0 Å². The van der Waals surface area contributed by atoms with Gasteiger partial charge in [0.05, 0.1) is 24.9 Å². The zero-order chi connectivity index (χ0) is 21.3. The van der Waals surface area contributed by atoms with Crippen LogP contribution in [0.5, 0.6) is 11.5 Å². The van der Waals surface area contributed by atoms with Crippen LogP contribution in [-0.4, -0.2) is 35.9 Å². The van der Waals surface area contributed by atoms with Crippen LogP contribution < -0.4 is 20.3 Å². The van der Waals surface area contributed by atoms with Crippen molar-refractivity contribution >= 4 is 5.91 Å². The van der Waals surface area contributed by atoms with Gasteiger partial charge in [-0.3, -0.25) is 9.59 Å². The van der Waals surface area contributed by atoms with E-state index in [1.54, 1.807) is 37.4 Å². The molecule has 3 aromatic rings. The molecule has 0 bridgehead atoms. The Morgan fingerprint density at radius 3 is 2.80 bits per heavy atom. The van der Waals surface area contributed by atoms with Gasteiger partial charge in [0.15, 0.2) is 6.61 Å². The molecule has 3 rings (SSSR count). The van der Waals surface area contributed by atoms with Crippen LogP contribution in [0.3, 0.4) is 0 Å². The van der Waals surface area contributed by atoms with Gasteiger partial charge >= 0.3 is 0 Å². The number of rotatable bonds is 8. The fourth-order valence-electron chi connectivity index (χ4n) is 2.73. The van der Waals surface area contributed by atoms with Crippen molar-refractivity contribution in [3.63, 3.8) is 0 Å². The third-order valence-electron chi connectivity index (χ3n) is 4.24. The first-order valence-electron chi connectivity index (χ1n) is 9.22. The number of nitriles is 1. The average Bonchev–Trinajstić information content (AvgIpc) is 2.79. The van der Waals surface area contributed by atoms with E-state index in [2.05, 4.69) is 10.4 Å². The number of aromatic nitrogens is 2. The Morgan fingerprint density at radius 2 is 2.00 bits per heavy atom. The number of hydrogen-bond donors (Lipinski definition) is 1. The minimum atomic E-state index is -0.361. The average molecular weight is 404 g/mol. The number of para-hydroxylation sites is 1. The predicted molar refractivity (Wildman–Crippen MR) is 110 cm³/mol. The fourth-order valence-corrected chi connectivity index (χ4v) is 2.73. The lowest BCUT2D eigenvalue weighted by Gasteiger charge is -2.10. The summed E-state index contributed by atoms with van der Waals surface area (Å²) in [5.74, 6) is 0.677. The lowest BCUT2D eigenvalue weighted by molar-refractivity contribution is -0.123. The largest absolute Gasteiger partial charge is 0.497 e. The molecule has 0 saturated carbocycles. The van der Waals surface area contributed by atoms with Gasteiger partial charge in [0.1, 0.15) is 17.6 Å². The molecule has 30 heavy (non-hydrogen) atoms. The molecule has 0 aliphatic rings. The van der Waals surface area contributed by atoms with Gasteiger partial charge in [-0.15, -0.1) is 0 Å². The Kier molecular flexibility index (Phi) is 6.79. The van der Waals surface area contributed by atoms with Gasteiger partial charge in [-0.25, -0.2) is 4.68 Å². The van der Waals surface area contributed by atoms with E-state index in [0.717, 1.165) is 5.56 Å². The highest BCUT2D eigenvalue weighted by atomic mass is 16.5. The Bertz CT molecular complexity index is 1130. The minimum absolute atomic E-state index is 0.205. The van der Waals surface area contributed by atoms with Crippen molar-refractivity contribution in [3.05, 3.63) is 76.6 Å². The smallest absolute Gasteiger partial charge is 0.266 e. The summed E-state index contributed by atoms with van der Waals surface area (Å²) in [5.41, 5.74) is 1.53. The number of carbonyl (C=O) groups is 1. The topological polar surface area (TPSA) is 106 Å². The summed E-state index contributed by atoms with van der Waals surface area (Å²) < 4.78 is 11.9. The van der Waals surface area contributed by atoms with E-state index in [0.29, 0.717) is 22.8 Å². The first-order chi connectivity index (χ1) is 14.6.